The molecule has 0 spiro atoms. The lowest BCUT2D eigenvalue weighted by Crippen LogP contribution is -2.48. The number of benzene rings is 1. The van der Waals surface area contributed by atoms with Crippen molar-refractivity contribution in [1.82, 2.24) is 4.90 Å². The predicted molar refractivity (Wildman–Crippen MR) is 118 cm³/mol. The van der Waals surface area contributed by atoms with Gasteiger partial charge in [-0.05, 0) is 53.9 Å². The maximum absolute atomic E-state index is 10.8. The van der Waals surface area contributed by atoms with Crippen molar-refractivity contribution in [3.63, 3.8) is 0 Å². The van der Waals surface area contributed by atoms with Gasteiger partial charge in [0.1, 0.15) is 23.5 Å². The van der Waals surface area contributed by atoms with Gasteiger partial charge in [-0.15, -0.1) is 0 Å². The summed E-state index contributed by atoms with van der Waals surface area (Å²) in [5.74, 6) is 1.96. The highest BCUT2D eigenvalue weighted by Crippen LogP contribution is 2.44. The molecule has 2 aliphatic heterocycles. The van der Waals surface area contributed by atoms with E-state index in [1.54, 1.807) is 7.11 Å². The molecule has 0 radical (unpaired) electrons. The summed E-state index contributed by atoms with van der Waals surface area (Å²) in [4.78, 5) is 2.56. The van der Waals surface area contributed by atoms with Crippen molar-refractivity contribution >= 4 is 23.5 Å². The van der Waals surface area contributed by atoms with Gasteiger partial charge >= 0.3 is 0 Å². The Bertz CT molecular complexity index is 684. The summed E-state index contributed by atoms with van der Waals surface area (Å²) in [6, 6.07) is 4.58. The van der Waals surface area contributed by atoms with Gasteiger partial charge in [-0.1, -0.05) is 20.8 Å². The number of hydrogen-bond acceptors (Lipinski definition) is 4. The molecule has 0 unspecified atom stereocenters. The Labute approximate surface area is 167 Å². The van der Waals surface area contributed by atoms with E-state index in [4.69, 9.17) is 9.47 Å². The Morgan fingerprint density at radius 2 is 1.89 bits per heavy atom. The van der Waals surface area contributed by atoms with Gasteiger partial charge in [0.05, 0.1) is 13.2 Å². The lowest BCUT2D eigenvalue weighted by molar-refractivity contribution is -0.0259. The van der Waals surface area contributed by atoms with E-state index in [2.05, 4.69) is 61.3 Å². The standard InChI is InChI=1S/C20H34B3NO3/c1-19(2,3)10-13-11-24-6-5-12-7-18(27-20(21,22)23)17(26-4)8-14(12)15(24)9-16(13)25/h7-8,13,15-16,25H,5-6,9-11,21-23H2,1-4H3/t13-,15-,16-/m1/s1. The highest BCUT2D eigenvalue weighted by atomic mass is 16.5. The minimum atomic E-state index is -0.260. The molecule has 27 heavy (non-hydrogen) atoms. The summed E-state index contributed by atoms with van der Waals surface area (Å²) in [6.45, 7) is 8.81. The fourth-order valence-corrected chi connectivity index (χ4v) is 4.66. The van der Waals surface area contributed by atoms with Crippen molar-refractivity contribution in [1.29, 1.82) is 0 Å². The highest BCUT2D eigenvalue weighted by molar-refractivity contribution is 6.58. The van der Waals surface area contributed by atoms with Crippen LogP contribution in [0.5, 0.6) is 11.5 Å². The van der Waals surface area contributed by atoms with E-state index in [1.165, 1.54) is 11.1 Å². The molecule has 146 valence electrons. The normalized spacial score (nSPS) is 26.2. The van der Waals surface area contributed by atoms with E-state index in [9.17, 15) is 5.11 Å². The molecule has 2 heterocycles. The zero-order valence-corrected chi connectivity index (χ0v) is 18.1. The first-order valence-electron chi connectivity index (χ1n) is 10.3. The second-order valence-electron chi connectivity index (χ2n) is 10.5. The lowest BCUT2D eigenvalue weighted by Gasteiger charge is -2.47. The Balaban J connectivity index is 1.86. The molecular formula is C20H34B3NO3. The fraction of sp³-hybridized carbons (Fsp3) is 0.700. The van der Waals surface area contributed by atoms with E-state index in [0.29, 0.717) is 5.92 Å². The van der Waals surface area contributed by atoms with Gasteiger partial charge in [-0.3, -0.25) is 4.90 Å². The maximum atomic E-state index is 10.8. The molecule has 7 heteroatoms. The summed E-state index contributed by atoms with van der Waals surface area (Å²) in [7, 11) is 7.87. The van der Waals surface area contributed by atoms with Gasteiger partial charge in [0.25, 0.3) is 0 Å². The lowest BCUT2D eigenvalue weighted by atomic mass is 9.52. The maximum Gasteiger partial charge on any atom is 0.160 e. The van der Waals surface area contributed by atoms with E-state index < -0.39 is 0 Å². The van der Waals surface area contributed by atoms with Gasteiger partial charge in [0.15, 0.2) is 11.5 Å². The Hall–Kier alpha value is -1.07. The summed E-state index contributed by atoms with van der Waals surface area (Å²) in [6.07, 6.45) is 2.64. The third kappa shape index (κ3) is 4.86. The minimum absolute atomic E-state index is 0.243. The van der Waals surface area contributed by atoms with Crippen LogP contribution in [0.15, 0.2) is 12.1 Å². The first-order valence-corrected chi connectivity index (χ1v) is 10.3. The summed E-state index contributed by atoms with van der Waals surface area (Å²) < 4.78 is 11.8. The third-order valence-corrected chi connectivity index (χ3v) is 5.66. The van der Waals surface area contributed by atoms with E-state index >= 15 is 0 Å². The Morgan fingerprint density at radius 3 is 2.48 bits per heavy atom. The topological polar surface area (TPSA) is 41.9 Å². The van der Waals surface area contributed by atoms with Crippen molar-refractivity contribution in [2.24, 2.45) is 11.3 Å². The van der Waals surface area contributed by atoms with Crippen LogP contribution in [0.25, 0.3) is 0 Å². The zero-order chi connectivity index (χ0) is 20.0. The van der Waals surface area contributed by atoms with Crippen LogP contribution in [0.1, 0.15) is 50.8 Å². The molecule has 0 aliphatic carbocycles. The molecular weight excluding hydrogens is 335 g/mol. The number of piperidine rings is 1. The average Bonchev–Trinajstić information content (AvgIpc) is 2.52. The van der Waals surface area contributed by atoms with Crippen LogP contribution in [-0.2, 0) is 6.42 Å². The molecule has 3 atom stereocenters. The average molecular weight is 369 g/mol. The van der Waals surface area contributed by atoms with E-state index in [1.807, 2.05) is 0 Å². The number of methoxy groups -OCH3 is 1. The predicted octanol–water partition coefficient (Wildman–Crippen LogP) is 0.301. The number of aliphatic hydroxyl groups excluding tert-OH is 1. The van der Waals surface area contributed by atoms with E-state index in [0.717, 1.165) is 43.9 Å². The third-order valence-electron chi connectivity index (χ3n) is 5.66. The number of rotatable bonds is 4. The SMILES string of the molecule is BC(B)(B)Oc1cc2c(cc1OC)[C@H]1C[C@@H](O)[C@H](CC(C)(C)C)CN1CC2. The van der Waals surface area contributed by atoms with Crippen LogP contribution in [0.3, 0.4) is 0 Å². The Morgan fingerprint density at radius 1 is 1.19 bits per heavy atom. The second-order valence-corrected chi connectivity index (χ2v) is 10.5. The Kier molecular flexibility index (Phi) is 5.66. The fourth-order valence-electron chi connectivity index (χ4n) is 4.66. The molecule has 0 aromatic heterocycles. The van der Waals surface area contributed by atoms with Crippen LogP contribution >= 0.6 is 0 Å². The van der Waals surface area contributed by atoms with Gasteiger partial charge in [0, 0.05) is 24.4 Å². The number of fused-ring (bicyclic) bond motifs is 3. The van der Waals surface area contributed by atoms with Crippen LogP contribution in [0.2, 0.25) is 0 Å². The highest BCUT2D eigenvalue weighted by Gasteiger charge is 2.39. The smallest absolute Gasteiger partial charge is 0.160 e. The molecule has 2 aliphatic rings. The molecule has 0 bridgehead atoms. The number of ether oxygens (including phenoxy) is 2. The van der Waals surface area contributed by atoms with Crippen molar-refractivity contribution in [3.8, 4) is 11.5 Å². The number of hydrogen-bond donors (Lipinski definition) is 1. The summed E-state index contributed by atoms with van der Waals surface area (Å²) in [5, 5.41) is 10.6. The molecule has 1 N–H and O–H groups in total. The van der Waals surface area contributed by atoms with Gasteiger partial charge in [-0.2, -0.15) is 0 Å². The van der Waals surface area contributed by atoms with Gasteiger partial charge in [0.2, 0.25) is 0 Å². The van der Waals surface area contributed by atoms with Crippen molar-refractivity contribution in [2.75, 3.05) is 20.2 Å². The van der Waals surface area contributed by atoms with Gasteiger partial charge in [-0.25, -0.2) is 0 Å². The number of aliphatic hydroxyl groups is 1. The quantitative estimate of drug-likeness (QED) is 0.776. The van der Waals surface area contributed by atoms with Crippen LogP contribution in [0.4, 0.5) is 0 Å². The first-order chi connectivity index (χ1) is 12.5. The van der Waals surface area contributed by atoms with Crippen LogP contribution < -0.4 is 9.47 Å². The molecule has 3 rings (SSSR count). The molecule has 1 fully saturated rings. The minimum Gasteiger partial charge on any atom is -0.510 e. The first kappa shape index (κ1) is 20.7. The van der Waals surface area contributed by atoms with Crippen LogP contribution in [0, 0.1) is 11.3 Å². The summed E-state index contributed by atoms with van der Waals surface area (Å²) in [5.41, 5.74) is 2.87. The molecule has 1 aromatic carbocycles. The van der Waals surface area contributed by atoms with Crippen LogP contribution in [-0.4, -0.2) is 65.1 Å². The monoisotopic (exact) mass is 369 g/mol. The zero-order valence-electron chi connectivity index (χ0n) is 18.1. The molecule has 1 saturated heterocycles. The van der Waals surface area contributed by atoms with Gasteiger partial charge < -0.3 is 14.6 Å². The van der Waals surface area contributed by atoms with E-state index in [-0.39, 0.29) is 22.9 Å². The van der Waals surface area contributed by atoms with Crippen molar-refractivity contribution in [2.45, 2.75) is 57.5 Å². The molecule has 0 amide bonds. The van der Waals surface area contributed by atoms with Crippen molar-refractivity contribution < 1.29 is 14.6 Å². The molecule has 4 nitrogen and oxygen atoms in total. The largest absolute Gasteiger partial charge is 0.510 e. The molecule has 1 aromatic rings. The van der Waals surface area contributed by atoms with Crippen molar-refractivity contribution in [3.05, 3.63) is 23.3 Å². The molecule has 0 saturated carbocycles. The number of nitrogens with zero attached hydrogens (tertiary/aromatic N) is 1. The second kappa shape index (κ2) is 7.40. The summed E-state index contributed by atoms with van der Waals surface area (Å²) >= 11 is 0.